The molecule has 0 saturated heterocycles. The van der Waals surface area contributed by atoms with Crippen LogP contribution in [-0.2, 0) is 20.8 Å². The van der Waals surface area contributed by atoms with Crippen molar-refractivity contribution >= 4 is 45.3 Å². The molecular formula is C22H24N2O6S2. The van der Waals surface area contributed by atoms with Gasteiger partial charge in [-0.25, -0.2) is 9.78 Å². The molecule has 0 saturated carbocycles. The molecule has 0 fully saturated rings. The van der Waals surface area contributed by atoms with Crippen molar-refractivity contribution < 1.29 is 23.8 Å². The van der Waals surface area contributed by atoms with Crippen molar-refractivity contribution in [2.75, 3.05) is 26.1 Å². The summed E-state index contributed by atoms with van der Waals surface area (Å²) in [7, 11) is 1.59. The summed E-state index contributed by atoms with van der Waals surface area (Å²) in [6.07, 6.45) is 0. The molecule has 0 aliphatic heterocycles. The molecule has 3 rings (SSSR count). The highest BCUT2D eigenvalue weighted by Gasteiger charge is 2.23. The molecule has 2 heterocycles. The van der Waals surface area contributed by atoms with E-state index in [9.17, 15) is 14.4 Å². The number of aryl methyl sites for hydroxylation is 1. The first-order chi connectivity index (χ1) is 15.4. The van der Waals surface area contributed by atoms with E-state index in [4.69, 9.17) is 14.2 Å². The molecule has 0 spiro atoms. The summed E-state index contributed by atoms with van der Waals surface area (Å²) in [6, 6.07) is 7.35. The zero-order valence-corrected chi connectivity index (χ0v) is 19.9. The molecule has 8 nitrogen and oxygen atoms in total. The van der Waals surface area contributed by atoms with E-state index in [1.807, 2.05) is 24.3 Å². The van der Waals surface area contributed by atoms with Crippen molar-refractivity contribution in [3.05, 3.63) is 50.6 Å². The highest BCUT2D eigenvalue weighted by molar-refractivity contribution is 7.99. The van der Waals surface area contributed by atoms with Crippen LogP contribution in [0.15, 0.2) is 34.2 Å². The van der Waals surface area contributed by atoms with E-state index in [2.05, 4.69) is 4.98 Å². The highest BCUT2D eigenvalue weighted by atomic mass is 32.2. The van der Waals surface area contributed by atoms with E-state index in [1.165, 1.54) is 4.57 Å². The first-order valence-corrected chi connectivity index (χ1v) is 11.8. The summed E-state index contributed by atoms with van der Waals surface area (Å²) in [6.45, 7) is 5.95. The Morgan fingerprint density at radius 2 is 1.81 bits per heavy atom. The number of benzene rings is 1. The van der Waals surface area contributed by atoms with Gasteiger partial charge in [0, 0.05) is 0 Å². The van der Waals surface area contributed by atoms with Gasteiger partial charge in [-0.05, 0) is 44.0 Å². The summed E-state index contributed by atoms with van der Waals surface area (Å²) in [4.78, 5) is 43.1. The lowest BCUT2D eigenvalue weighted by atomic mass is 10.2. The van der Waals surface area contributed by atoms with Crippen molar-refractivity contribution in [1.29, 1.82) is 0 Å². The number of aromatic nitrogens is 2. The third-order valence-corrected chi connectivity index (χ3v) is 6.72. The van der Waals surface area contributed by atoms with Gasteiger partial charge in [-0.2, -0.15) is 0 Å². The minimum absolute atomic E-state index is 0.0174. The van der Waals surface area contributed by atoms with Crippen molar-refractivity contribution in [1.82, 2.24) is 9.55 Å². The van der Waals surface area contributed by atoms with Crippen LogP contribution in [0, 0.1) is 6.92 Å². The Morgan fingerprint density at radius 3 is 2.44 bits per heavy atom. The van der Waals surface area contributed by atoms with Crippen LogP contribution < -0.4 is 10.3 Å². The lowest BCUT2D eigenvalue weighted by Crippen LogP contribution is -2.24. The Bertz CT molecular complexity index is 1180. The van der Waals surface area contributed by atoms with Gasteiger partial charge in [-0.1, -0.05) is 23.9 Å². The van der Waals surface area contributed by atoms with Gasteiger partial charge in [0.15, 0.2) is 5.16 Å². The maximum Gasteiger partial charge on any atom is 0.348 e. The van der Waals surface area contributed by atoms with Crippen LogP contribution in [0.1, 0.15) is 34.6 Å². The summed E-state index contributed by atoms with van der Waals surface area (Å²) >= 11 is 2.25. The average Bonchev–Trinajstić information content (AvgIpc) is 3.11. The molecule has 0 aliphatic carbocycles. The molecule has 10 heteroatoms. The van der Waals surface area contributed by atoms with Crippen molar-refractivity contribution in [3.63, 3.8) is 0 Å². The number of carbonyl (C=O) groups is 2. The normalized spacial score (nSPS) is 10.9. The zero-order chi connectivity index (χ0) is 23.3. The number of esters is 2. The fraction of sp³-hybridized carbons (Fsp3) is 0.364. The van der Waals surface area contributed by atoms with E-state index in [1.54, 1.807) is 27.9 Å². The third kappa shape index (κ3) is 5.13. The molecule has 1 aromatic carbocycles. The number of carbonyl (C=O) groups excluding carboxylic acids is 2. The summed E-state index contributed by atoms with van der Waals surface area (Å²) in [5.74, 6) is -0.143. The lowest BCUT2D eigenvalue weighted by Gasteiger charge is -2.12. The number of thiophene rings is 1. The Hall–Kier alpha value is -2.85. The topological polar surface area (TPSA) is 96.7 Å². The molecule has 0 bridgehead atoms. The number of hydrogen-bond acceptors (Lipinski definition) is 9. The van der Waals surface area contributed by atoms with Crippen molar-refractivity contribution in [2.45, 2.75) is 32.5 Å². The first-order valence-electron chi connectivity index (χ1n) is 10.0. The van der Waals surface area contributed by atoms with Crippen LogP contribution in [0.5, 0.6) is 5.75 Å². The van der Waals surface area contributed by atoms with Gasteiger partial charge in [0.1, 0.15) is 15.5 Å². The van der Waals surface area contributed by atoms with Gasteiger partial charge in [-0.3, -0.25) is 14.2 Å². The molecule has 0 aliphatic rings. The number of methoxy groups -OCH3 is 1. The van der Waals surface area contributed by atoms with Gasteiger partial charge in [0.25, 0.3) is 5.56 Å². The van der Waals surface area contributed by atoms with E-state index in [-0.39, 0.29) is 31.1 Å². The number of ether oxygens (including phenoxy) is 3. The third-order valence-electron chi connectivity index (χ3n) is 4.60. The predicted molar refractivity (Wildman–Crippen MR) is 124 cm³/mol. The number of thioether (sulfide) groups is 1. The minimum atomic E-state index is -0.477. The fourth-order valence-corrected chi connectivity index (χ4v) is 4.99. The number of rotatable bonds is 9. The van der Waals surface area contributed by atoms with Crippen LogP contribution in [-0.4, -0.2) is 47.6 Å². The van der Waals surface area contributed by atoms with Gasteiger partial charge < -0.3 is 14.2 Å². The molecule has 0 N–H and O–H groups in total. The maximum absolute atomic E-state index is 13.5. The molecule has 3 aromatic rings. The number of fused-ring (bicyclic) bond motifs is 1. The SMILES string of the molecule is CCOC(=O)CSc1nc2sc(C(=O)OCC)c(C)c2c(=O)n1Cc1ccc(OC)cc1. The summed E-state index contributed by atoms with van der Waals surface area (Å²) in [5.41, 5.74) is 1.14. The predicted octanol–water partition coefficient (Wildman–Crippen LogP) is 3.66. The molecule has 0 unspecified atom stereocenters. The molecule has 170 valence electrons. The van der Waals surface area contributed by atoms with Crippen LogP contribution in [0.2, 0.25) is 0 Å². The molecule has 0 atom stereocenters. The largest absolute Gasteiger partial charge is 0.497 e. The smallest absolute Gasteiger partial charge is 0.348 e. The van der Waals surface area contributed by atoms with Crippen LogP contribution in [0.3, 0.4) is 0 Å². The van der Waals surface area contributed by atoms with E-state index < -0.39 is 11.9 Å². The van der Waals surface area contributed by atoms with Gasteiger partial charge in [0.05, 0.1) is 38.0 Å². The molecule has 2 aromatic heterocycles. The molecular weight excluding hydrogens is 452 g/mol. The van der Waals surface area contributed by atoms with Crippen LogP contribution >= 0.6 is 23.1 Å². The fourth-order valence-electron chi connectivity index (χ4n) is 3.08. The first kappa shape index (κ1) is 23.8. The van der Waals surface area contributed by atoms with Crippen LogP contribution in [0.25, 0.3) is 10.2 Å². The second-order valence-electron chi connectivity index (χ2n) is 6.68. The highest BCUT2D eigenvalue weighted by Crippen LogP contribution is 2.30. The number of nitrogens with zero attached hydrogens (tertiary/aromatic N) is 2. The van der Waals surface area contributed by atoms with Gasteiger partial charge >= 0.3 is 11.9 Å². The van der Waals surface area contributed by atoms with Crippen LogP contribution in [0.4, 0.5) is 0 Å². The Kier molecular flexibility index (Phi) is 7.92. The monoisotopic (exact) mass is 476 g/mol. The molecule has 0 radical (unpaired) electrons. The maximum atomic E-state index is 13.5. The lowest BCUT2D eigenvalue weighted by molar-refractivity contribution is -0.139. The van der Waals surface area contributed by atoms with E-state index in [0.717, 1.165) is 28.7 Å². The zero-order valence-electron chi connectivity index (χ0n) is 18.3. The summed E-state index contributed by atoms with van der Waals surface area (Å²) in [5, 5.41) is 0.759. The molecule has 0 amide bonds. The van der Waals surface area contributed by atoms with Crippen molar-refractivity contribution in [3.8, 4) is 5.75 Å². The second-order valence-corrected chi connectivity index (χ2v) is 8.63. The Labute approximate surface area is 193 Å². The van der Waals surface area contributed by atoms with E-state index >= 15 is 0 Å². The number of hydrogen-bond donors (Lipinski definition) is 0. The summed E-state index contributed by atoms with van der Waals surface area (Å²) < 4.78 is 16.8. The van der Waals surface area contributed by atoms with E-state index in [0.29, 0.717) is 31.6 Å². The average molecular weight is 477 g/mol. The van der Waals surface area contributed by atoms with Gasteiger partial charge in [0.2, 0.25) is 0 Å². The standard InChI is InChI=1S/C22H24N2O6S2/c1-5-29-16(25)12-31-22-23-19-17(13(3)18(32-19)21(27)30-6-2)20(26)24(22)11-14-7-9-15(28-4)10-8-14/h7-10H,5-6,11-12H2,1-4H3. The Balaban J connectivity index is 2.09. The molecule has 32 heavy (non-hydrogen) atoms. The second kappa shape index (κ2) is 10.6. The van der Waals surface area contributed by atoms with Gasteiger partial charge in [-0.15, -0.1) is 11.3 Å². The van der Waals surface area contributed by atoms with Crippen molar-refractivity contribution in [2.24, 2.45) is 0 Å². The minimum Gasteiger partial charge on any atom is -0.497 e. The quantitative estimate of drug-likeness (QED) is 0.262. The Morgan fingerprint density at radius 1 is 1.12 bits per heavy atom.